The Labute approximate surface area is 186 Å². The number of thiophene rings is 1. The summed E-state index contributed by atoms with van der Waals surface area (Å²) in [5.74, 6) is -1.65. The third kappa shape index (κ3) is 3.59. The molecular formula is C21H13F5N4O2S. The van der Waals surface area contributed by atoms with Gasteiger partial charge in [0.15, 0.2) is 0 Å². The van der Waals surface area contributed by atoms with Crippen LogP contribution in [-0.2, 0) is 10.9 Å². The van der Waals surface area contributed by atoms with Crippen LogP contribution in [0, 0.1) is 18.7 Å². The van der Waals surface area contributed by atoms with Gasteiger partial charge in [0.05, 0.1) is 11.8 Å². The molecule has 1 unspecified atom stereocenters. The van der Waals surface area contributed by atoms with Crippen molar-refractivity contribution in [3.8, 4) is 5.69 Å². The van der Waals surface area contributed by atoms with Gasteiger partial charge in [-0.15, -0.1) is 11.3 Å². The predicted molar refractivity (Wildman–Crippen MR) is 109 cm³/mol. The number of aryl methyl sites for hydroxylation is 1. The van der Waals surface area contributed by atoms with Crippen molar-refractivity contribution in [1.82, 2.24) is 14.5 Å². The SMILES string of the molecule is Cc1cc(-n2cc(F)nc2C2COC(=O)N2c2cc(C(F)(F)F)c3ccsc3n2)ccc1F. The van der Waals surface area contributed by atoms with E-state index >= 15 is 0 Å². The highest BCUT2D eigenvalue weighted by atomic mass is 32.1. The Balaban J connectivity index is 1.65. The number of anilines is 1. The highest BCUT2D eigenvalue weighted by Gasteiger charge is 2.42. The van der Waals surface area contributed by atoms with Gasteiger partial charge in [-0.05, 0) is 48.2 Å². The third-order valence-electron chi connectivity index (χ3n) is 5.27. The summed E-state index contributed by atoms with van der Waals surface area (Å²) in [6.07, 6.45) is -4.59. The lowest BCUT2D eigenvalue weighted by Crippen LogP contribution is -2.30. The number of pyridine rings is 1. The van der Waals surface area contributed by atoms with Crippen LogP contribution in [0.25, 0.3) is 15.9 Å². The number of nitrogens with zero attached hydrogens (tertiary/aromatic N) is 4. The van der Waals surface area contributed by atoms with Crippen LogP contribution in [0.1, 0.15) is 23.0 Å². The van der Waals surface area contributed by atoms with Crippen LogP contribution in [0.15, 0.2) is 41.9 Å². The van der Waals surface area contributed by atoms with Crippen LogP contribution in [0.2, 0.25) is 0 Å². The van der Waals surface area contributed by atoms with Crippen molar-refractivity contribution in [3.63, 3.8) is 0 Å². The first-order valence-corrected chi connectivity index (χ1v) is 10.4. The molecule has 1 saturated heterocycles. The van der Waals surface area contributed by atoms with Gasteiger partial charge in [0, 0.05) is 11.1 Å². The maximum absolute atomic E-state index is 14.2. The number of carbonyl (C=O) groups is 1. The van der Waals surface area contributed by atoms with E-state index in [-0.39, 0.29) is 28.5 Å². The number of amides is 1. The second-order valence-electron chi connectivity index (χ2n) is 7.35. The van der Waals surface area contributed by atoms with E-state index in [4.69, 9.17) is 4.74 Å². The van der Waals surface area contributed by atoms with Crippen LogP contribution in [0.3, 0.4) is 0 Å². The van der Waals surface area contributed by atoms with Crippen LogP contribution < -0.4 is 4.90 Å². The van der Waals surface area contributed by atoms with E-state index in [0.717, 1.165) is 28.5 Å². The van der Waals surface area contributed by atoms with Crippen LogP contribution in [0.4, 0.5) is 32.6 Å². The van der Waals surface area contributed by atoms with Crippen molar-refractivity contribution < 1.29 is 31.5 Å². The lowest BCUT2D eigenvalue weighted by atomic mass is 10.1. The van der Waals surface area contributed by atoms with Gasteiger partial charge in [-0.2, -0.15) is 17.6 Å². The van der Waals surface area contributed by atoms with E-state index in [0.29, 0.717) is 11.3 Å². The van der Waals surface area contributed by atoms with Crippen molar-refractivity contribution in [3.05, 3.63) is 70.6 Å². The number of fused-ring (bicyclic) bond motifs is 1. The Bertz CT molecular complexity index is 1400. The average molecular weight is 480 g/mol. The molecule has 1 amide bonds. The molecule has 4 heterocycles. The molecule has 0 aliphatic carbocycles. The smallest absolute Gasteiger partial charge is 0.417 e. The van der Waals surface area contributed by atoms with Crippen molar-refractivity contribution >= 4 is 33.5 Å². The van der Waals surface area contributed by atoms with E-state index in [9.17, 15) is 26.7 Å². The first-order valence-electron chi connectivity index (χ1n) is 9.56. The molecule has 0 radical (unpaired) electrons. The molecule has 1 aliphatic rings. The lowest BCUT2D eigenvalue weighted by Gasteiger charge is -2.22. The molecule has 1 atom stereocenters. The van der Waals surface area contributed by atoms with Crippen LogP contribution >= 0.6 is 11.3 Å². The maximum atomic E-state index is 14.2. The molecule has 0 bridgehead atoms. The zero-order valence-electron chi connectivity index (χ0n) is 16.7. The number of imidazole rings is 1. The Morgan fingerprint density at radius 1 is 1.15 bits per heavy atom. The van der Waals surface area contributed by atoms with Gasteiger partial charge in [0.2, 0.25) is 5.95 Å². The van der Waals surface area contributed by atoms with E-state index in [1.165, 1.54) is 41.1 Å². The van der Waals surface area contributed by atoms with Gasteiger partial charge < -0.3 is 4.74 Å². The standard InChI is InChI=1S/C21H13F5N4O2S/c1-10-6-11(2-3-14(10)22)29-8-16(23)27-18(29)15-9-32-20(31)30(15)17-7-13(21(24,25)26)12-4-5-33-19(12)28-17/h2-8,15H,9H2,1H3. The Hall–Kier alpha value is -3.54. The number of aromatic nitrogens is 3. The van der Waals surface area contributed by atoms with Gasteiger partial charge in [-0.1, -0.05) is 0 Å². The fourth-order valence-corrected chi connectivity index (χ4v) is 4.53. The van der Waals surface area contributed by atoms with Crippen molar-refractivity contribution in [1.29, 1.82) is 0 Å². The van der Waals surface area contributed by atoms with Crippen molar-refractivity contribution in [2.24, 2.45) is 0 Å². The molecule has 6 nitrogen and oxygen atoms in total. The Morgan fingerprint density at radius 3 is 2.67 bits per heavy atom. The summed E-state index contributed by atoms with van der Waals surface area (Å²) in [7, 11) is 0. The minimum absolute atomic E-state index is 0.00834. The molecule has 3 aromatic heterocycles. The zero-order valence-corrected chi connectivity index (χ0v) is 17.5. The summed E-state index contributed by atoms with van der Waals surface area (Å²) in [4.78, 5) is 21.6. The average Bonchev–Trinajstić information content (AvgIpc) is 3.46. The summed E-state index contributed by atoms with van der Waals surface area (Å²) in [5, 5.41) is 1.38. The molecule has 1 aromatic carbocycles. The Morgan fingerprint density at radius 2 is 1.94 bits per heavy atom. The van der Waals surface area contributed by atoms with Crippen LogP contribution in [0.5, 0.6) is 0 Å². The fraction of sp³-hybridized carbons (Fsp3) is 0.190. The Kier molecular flexibility index (Phi) is 4.85. The number of carbonyl (C=O) groups excluding carboxylic acids is 1. The highest BCUT2D eigenvalue weighted by Crippen LogP contribution is 2.41. The lowest BCUT2D eigenvalue weighted by molar-refractivity contribution is -0.136. The molecule has 1 fully saturated rings. The zero-order chi connectivity index (χ0) is 23.5. The molecule has 0 N–H and O–H groups in total. The summed E-state index contributed by atoms with van der Waals surface area (Å²) in [5.41, 5.74) is -0.300. The fourth-order valence-electron chi connectivity index (χ4n) is 3.74. The van der Waals surface area contributed by atoms with E-state index in [2.05, 4.69) is 9.97 Å². The molecule has 0 spiro atoms. The number of cyclic esters (lactones) is 1. The first-order chi connectivity index (χ1) is 15.6. The summed E-state index contributed by atoms with van der Waals surface area (Å²) >= 11 is 0.990. The van der Waals surface area contributed by atoms with Gasteiger partial charge in [-0.25, -0.2) is 24.1 Å². The predicted octanol–water partition coefficient (Wildman–Crippen LogP) is 5.79. The van der Waals surface area contributed by atoms with Gasteiger partial charge in [0.25, 0.3) is 0 Å². The van der Waals surface area contributed by atoms with E-state index in [1.54, 1.807) is 0 Å². The monoisotopic (exact) mass is 480 g/mol. The van der Waals surface area contributed by atoms with Crippen molar-refractivity contribution in [2.75, 3.05) is 11.5 Å². The van der Waals surface area contributed by atoms with Gasteiger partial charge in [-0.3, -0.25) is 4.57 Å². The molecular weight excluding hydrogens is 467 g/mol. The number of rotatable bonds is 3. The minimum Gasteiger partial charge on any atom is -0.446 e. The second-order valence-corrected chi connectivity index (χ2v) is 8.25. The molecule has 12 heteroatoms. The second kappa shape index (κ2) is 7.51. The van der Waals surface area contributed by atoms with Crippen molar-refractivity contribution in [2.45, 2.75) is 19.1 Å². The molecule has 170 valence electrons. The topological polar surface area (TPSA) is 60.3 Å². The minimum atomic E-state index is -4.69. The van der Waals surface area contributed by atoms with Gasteiger partial charge in [0.1, 0.15) is 34.9 Å². The molecule has 5 rings (SSSR count). The largest absolute Gasteiger partial charge is 0.446 e. The number of hydrogen-bond donors (Lipinski definition) is 0. The number of benzene rings is 1. The summed E-state index contributed by atoms with van der Waals surface area (Å²) in [6, 6.07) is 5.05. The first kappa shape index (κ1) is 21.3. The van der Waals surface area contributed by atoms with Crippen LogP contribution in [-0.4, -0.2) is 27.2 Å². The number of halogens is 5. The normalized spacial score (nSPS) is 16.6. The number of ether oxygens (including phenoxy) is 1. The molecule has 33 heavy (non-hydrogen) atoms. The number of hydrogen-bond acceptors (Lipinski definition) is 5. The highest BCUT2D eigenvalue weighted by molar-refractivity contribution is 7.16. The third-order valence-corrected chi connectivity index (χ3v) is 6.08. The number of alkyl halides is 3. The van der Waals surface area contributed by atoms with E-state index < -0.39 is 35.6 Å². The summed E-state index contributed by atoms with van der Waals surface area (Å²) < 4.78 is 75.4. The molecule has 0 saturated carbocycles. The summed E-state index contributed by atoms with van der Waals surface area (Å²) in [6.45, 7) is 1.24. The quantitative estimate of drug-likeness (QED) is 0.349. The van der Waals surface area contributed by atoms with E-state index in [1.807, 2.05) is 0 Å². The maximum Gasteiger partial charge on any atom is 0.417 e. The molecule has 1 aliphatic heterocycles. The van der Waals surface area contributed by atoms with Gasteiger partial charge >= 0.3 is 12.3 Å². The molecule has 4 aromatic rings.